The summed E-state index contributed by atoms with van der Waals surface area (Å²) >= 11 is 1.68. The van der Waals surface area contributed by atoms with E-state index in [0.717, 1.165) is 24.7 Å². The lowest BCUT2D eigenvalue weighted by Crippen LogP contribution is -3.13. The summed E-state index contributed by atoms with van der Waals surface area (Å²) in [5, 5.41) is 12.7. The molecule has 0 bridgehead atoms. The summed E-state index contributed by atoms with van der Waals surface area (Å²) in [6.45, 7) is 8.87. The van der Waals surface area contributed by atoms with Crippen LogP contribution in [0.25, 0.3) is 0 Å². The second-order valence-corrected chi connectivity index (χ2v) is 7.90. The van der Waals surface area contributed by atoms with Crippen LogP contribution in [0.15, 0.2) is 28.4 Å². The molecule has 4 nitrogen and oxygen atoms in total. The standard InChI is InChI=1S/C19H26N2O2S/c1-4-21-14(3)12-15(22)17(19(21)23)18(16-6-5-11-24-16)20-9-7-13(2)8-10-20/h5-6,11-13,18,22H,4,7-10H2,1-3H3/p+1/t18-/m1/s1. The molecular weight excluding hydrogens is 320 g/mol. The number of aromatic hydroxyl groups is 1. The van der Waals surface area contributed by atoms with E-state index in [1.165, 1.54) is 22.6 Å². The highest BCUT2D eigenvalue weighted by molar-refractivity contribution is 7.10. The molecule has 1 aliphatic heterocycles. The monoisotopic (exact) mass is 347 g/mol. The Kier molecular flexibility index (Phi) is 5.11. The van der Waals surface area contributed by atoms with Crippen molar-refractivity contribution in [2.45, 2.75) is 46.2 Å². The fourth-order valence-corrected chi connectivity index (χ4v) is 4.75. The van der Waals surface area contributed by atoms with Crippen LogP contribution in [0.1, 0.15) is 48.9 Å². The molecule has 1 fully saturated rings. The minimum Gasteiger partial charge on any atom is -0.507 e. The fraction of sp³-hybridized carbons (Fsp3) is 0.526. The normalized spacial score (nSPS) is 22.5. The molecule has 0 spiro atoms. The second-order valence-electron chi connectivity index (χ2n) is 6.92. The Labute approximate surface area is 147 Å². The quantitative estimate of drug-likeness (QED) is 0.892. The summed E-state index contributed by atoms with van der Waals surface area (Å²) in [7, 11) is 0. The topological polar surface area (TPSA) is 46.7 Å². The van der Waals surface area contributed by atoms with E-state index in [9.17, 15) is 9.90 Å². The molecule has 2 aromatic rings. The lowest BCUT2D eigenvalue weighted by atomic mass is 9.95. The Morgan fingerprint density at radius 1 is 1.42 bits per heavy atom. The van der Waals surface area contributed by atoms with Gasteiger partial charge in [-0.1, -0.05) is 13.0 Å². The van der Waals surface area contributed by atoms with E-state index in [0.29, 0.717) is 12.1 Å². The summed E-state index contributed by atoms with van der Waals surface area (Å²) in [4.78, 5) is 15.6. The van der Waals surface area contributed by atoms with Crippen LogP contribution in [-0.4, -0.2) is 22.8 Å². The Morgan fingerprint density at radius 3 is 2.71 bits per heavy atom. The predicted octanol–water partition coefficient (Wildman–Crippen LogP) is 2.35. The van der Waals surface area contributed by atoms with Gasteiger partial charge in [-0.3, -0.25) is 4.79 Å². The molecule has 0 radical (unpaired) electrons. The Morgan fingerprint density at radius 2 is 2.12 bits per heavy atom. The molecule has 0 amide bonds. The van der Waals surface area contributed by atoms with Crippen molar-refractivity contribution in [3.63, 3.8) is 0 Å². The zero-order valence-electron chi connectivity index (χ0n) is 14.7. The summed E-state index contributed by atoms with van der Waals surface area (Å²) in [5.74, 6) is 0.892. The predicted molar refractivity (Wildman–Crippen MR) is 98.0 cm³/mol. The first-order chi connectivity index (χ1) is 11.5. The van der Waals surface area contributed by atoms with E-state index < -0.39 is 0 Å². The lowest BCUT2D eigenvalue weighted by molar-refractivity contribution is -0.931. The summed E-state index contributed by atoms with van der Waals surface area (Å²) in [5.41, 5.74) is 1.34. The number of hydrogen-bond acceptors (Lipinski definition) is 3. The van der Waals surface area contributed by atoms with Gasteiger partial charge in [0.15, 0.2) is 6.04 Å². The number of aryl methyl sites for hydroxylation is 1. The van der Waals surface area contributed by atoms with Crippen molar-refractivity contribution in [1.29, 1.82) is 0 Å². The minimum absolute atomic E-state index is 0.0421. The van der Waals surface area contributed by atoms with Gasteiger partial charge in [0, 0.05) is 12.2 Å². The number of thiophene rings is 1. The molecule has 2 N–H and O–H groups in total. The number of rotatable bonds is 4. The first kappa shape index (κ1) is 17.2. The smallest absolute Gasteiger partial charge is 0.264 e. The van der Waals surface area contributed by atoms with E-state index in [4.69, 9.17) is 0 Å². The van der Waals surface area contributed by atoms with Gasteiger partial charge in [0.2, 0.25) is 0 Å². The number of aromatic nitrogens is 1. The number of pyridine rings is 1. The van der Waals surface area contributed by atoms with E-state index >= 15 is 0 Å². The maximum atomic E-state index is 13.1. The Bertz CT molecular complexity index is 743. The van der Waals surface area contributed by atoms with Crippen LogP contribution in [0.2, 0.25) is 0 Å². The zero-order valence-corrected chi connectivity index (χ0v) is 15.5. The van der Waals surface area contributed by atoms with Crippen molar-refractivity contribution < 1.29 is 10.0 Å². The molecule has 3 rings (SSSR count). The van der Waals surface area contributed by atoms with Gasteiger partial charge in [0.25, 0.3) is 5.56 Å². The van der Waals surface area contributed by atoms with E-state index in [1.807, 2.05) is 19.9 Å². The van der Waals surface area contributed by atoms with Gasteiger partial charge < -0.3 is 14.6 Å². The lowest BCUT2D eigenvalue weighted by Gasteiger charge is -2.33. The molecule has 1 saturated heterocycles. The largest absolute Gasteiger partial charge is 0.507 e. The molecule has 0 saturated carbocycles. The van der Waals surface area contributed by atoms with Gasteiger partial charge in [-0.2, -0.15) is 0 Å². The van der Waals surface area contributed by atoms with Gasteiger partial charge >= 0.3 is 0 Å². The first-order valence-electron chi connectivity index (χ1n) is 8.84. The summed E-state index contributed by atoms with van der Waals surface area (Å²) in [6.07, 6.45) is 2.34. The number of nitrogens with zero attached hydrogens (tertiary/aromatic N) is 1. The third-order valence-electron chi connectivity index (χ3n) is 5.28. The highest BCUT2D eigenvalue weighted by Crippen LogP contribution is 2.29. The maximum Gasteiger partial charge on any atom is 0.264 e. The highest BCUT2D eigenvalue weighted by Gasteiger charge is 2.35. The molecule has 0 aliphatic carbocycles. The Hall–Kier alpha value is -1.59. The van der Waals surface area contributed by atoms with Crippen molar-refractivity contribution in [1.82, 2.24) is 4.57 Å². The van der Waals surface area contributed by atoms with Crippen molar-refractivity contribution >= 4 is 11.3 Å². The molecule has 0 unspecified atom stereocenters. The van der Waals surface area contributed by atoms with Crippen LogP contribution in [0.3, 0.4) is 0 Å². The Balaban J connectivity index is 2.12. The SMILES string of the molecule is CCn1c(C)cc(O)c([C@@H](c2cccs2)[NH+]2CCC(C)CC2)c1=O. The number of nitrogens with one attached hydrogen (secondary N) is 1. The molecule has 3 heterocycles. The number of quaternary nitrogens is 1. The molecule has 1 aliphatic rings. The van der Waals surface area contributed by atoms with Gasteiger partial charge in [-0.25, -0.2) is 0 Å². The van der Waals surface area contributed by atoms with Gasteiger partial charge in [-0.05, 0) is 50.1 Å². The van der Waals surface area contributed by atoms with Gasteiger partial charge in [0.05, 0.1) is 18.0 Å². The average molecular weight is 348 g/mol. The van der Waals surface area contributed by atoms with Crippen LogP contribution in [-0.2, 0) is 6.54 Å². The maximum absolute atomic E-state index is 13.1. The minimum atomic E-state index is -0.0663. The van der Waals surface area contributed by atoms with Gasteiger partial charge in [0.1, 0.15) is 11.3 Å². The average Bonchev–Trinajstić information content (AvgIpc) is 3.06. The van der Waals surface area contributed by atoms with Crippen LogP contribution in [0.4, 0.5) is 0 Å². The number of piperidine rings is 1. The molecule has 1 atom stereocenters. The number of hydrogen-bond donors (Lipinski definition) is 2. The summed E-state index contributed by atoms with van der Waals surface area (Å²) < 4.78 is 1.77. The van der Waals surface area contributed by atoms with Gasteiger partial charge in [-0.15, -0.1) is 11.3 Å². The van der Waals surface area contributed by atoms with Crippen molar-refractivity contribution in [3.8, 4) is 5.75 Å². The van der Waals surface area contributed by atoms with E-state index in [-0.39, 0.29) is 17.4 Å². The van der Waals surface area contributed by atoms with Crippen LogP contribution < -0.4 is 10.5 Å². The molecule has 5 heteroatoms. The van der Waals surface area contributed by atoms with Crippen LogP contribution >= 0.6 is 11.3 Å². The third-order valence-corrected chi connectivity index (χ3v) is 6.22. The fourth-order valence-electron chi connectivity index (χ4n) is 3.86. The van der Waals surface area contributed by atoms with Crippen molar-refractivity contribution in [2.75, 3.05) is 13.1 Å². The molecule has 2 aromatic heterocycles. The molecule has 130 valence electrons. The van der Waals surface area contributed by atoms with E-state index in [1.54, 1.807) is 22.0 Å². The third kappa shape index (κ3) is 3.15. The number of likely N-dealkylation sites (tertiary alicyclic amines) is 1. The first-order valence-corrected chi connectivity index (χ1v) is 9.72. The molecule has 24 heavy (non-hydrogen) atoms. The highest BCUT2D eigenvalue weighted by atomic mass is 32.1. The van der Waals surface area contributed by atoms with Crippen molar-refractivity contribution in [2.24, 2.45) is 5.92 Å². The van der Waals surface area contributed by atoms with Crippen molar-refractivity contribution in [3.05, 3.63) is 50.1 Å². The molecule has 0 aromatic carbocycles. The zero-order chi connectivity index (χ0) is 17.3. The van der Waals surface area contributed by atoms with Crippen LogP contribution in [0.5, 0.6) is 5.75 Å². The second kappa shape index (κ2) is 7.11. The van der Waals surface area contributed by atoms with Crippen LogP contribution in [0, 0.1) is 12.8 Å². The molecular formula is C19H27N2O2S+. The van der Waals surface area contributed by atoms with E-state index in [2.05, 4.69) is 18.4 Å². The summed E-state index contributed by atoms with van der Waals surface area (Å²) in [6, 6.07) is 5.80.